The highest BCUT2D eigenvalue weighted by Crippen LogP contribution is 2.21. The zero-order chi connectivity index (χ0) is 15.5. The summed E-state index contributed by atoms with van der Waals surface area (Å²) in [6, 6.07) is 0.123. The Bertz CT molecular complexity index is 356. The molecule has 2 atom stereocenters. The van der Waals surface area contributed by atoms with Gasteiger partial charge < -0.3 is 19.5 Å². The highest BCUT2D eigenvalue weighted by Gasteiger charge is 2.36. The molecule has 0 aromatic heterocycles. The molecule has 0 aromatic carbocycles. The van der Waals surface area contributed by atoms with Crippen LogP contribution in [0.1, 0.15) is 26.7 Å². The number of ether oxygens (including phenoxy) is 2. The maximum Gasteiger partial charge on any atom is 0.254 e. The van der Waals surface area contributed by atoms with Crippen LogP contribution in [0.5, 0.6) is 0 Å². The molecule has 2 aliphatic rings. The first-order valence-corrected chi connectivity index (χ1v) is 7.80. The summed E-state index contributed by atoms with van der Waals surface area (Å²) >= 11 is 0. The highest BCUT2D eigenvalue weighted by atomic mass is 16.5. The second-order valence-electron chi connectivity index (χ2n) is 6.37. The molecule has 2 aliphatic heterocycles. The molecule has 6 nitrogen and oxygen atoms in total. The van der Waals surface area contributed by atoms with Crippen molar-refractivity contribution in [2.45, 2.75) is 44.4 Å². The Morgan fingerprint density at radius 1 is 1.19 bits per heavy atom. The number of amides is 1. The SMILES string of the molecule is COC(C)(C)C(=O)N1CC[C@H](O)[C@@H](N2CCOCC2)CC1. The van der Waals surface area contributed by atoms with Gasteiger partial charge in [-0.3, -0.25) is 9.69 Å². The first kappa shape index (κ1) is 16.7. The van der Waals surface area contributed by atoms with Gasteiger partial charge in [0, 0.05) is 39.3 Å². The minimum Gasteiger partial charge on any atom is -0.391 e. The Balaban J connectivity index is 1.98. The van der Waals surface area contributed by atoms with Crippen molar-refractivity contribution in [1.29, 1.82) is 0 Å². The van der Waals surface area contributed by atoms with Gasteiger partial charge in [0.25, 0.3) is 5.91 Å². The Hall–Kier alpha value is -0.690. The smallest absolute Gasteiger partial charge is 0.254 e. The van der Waals surface area contributed by atoms with Crippen LogP contribution in [0.3, 0.4) is 0 Å². The van der Waals surface area contributed by atoms with Gasteiger partial charge in [0.2, 0.25) is 0 Å². The summed E-state index contributed by atoms with van der Waals surface area (Å²) in [6.45, 7) is 8.01. The van der Waals surface area contributed by atoms with Crippen LogP contribution in [0.25, 0.3) is 0 Å². The number of aliphatic hydroxyl groups is 1. The van der Waals surface area contributed by atoms with Crippen molar-refractivity contribution in [2.24, 2.45) is 0 Å². The van der Waals surface area contributed by atoms with E-state index in [1.165, 1.54) is 0 Å². The fraction of sp³-hybridized carbons (Fsp3) is 0.933. The number of methoxy groups -OCH3 is 1. The lowest BCUT2D eigenvalue weighted by Gasteiger charge is -2.36. The molecule has 6 heteroatoms. The summed E-state index contributed by atoms with van der Waals surface area (Å²) in [7, 11) is 1.56. The van der Waals surface area contributed by atoms with E-state index in [1.807, 2.05) is 4.90 Å². The van der Waals surface area contributed by atoms with Gasteiger partial charge in [0.1, 0.15) is 5.60 Å². The number of hydrogen-bond acceptors (Lipinski definition) is 5. The molecule has 0 bridgehead atoms. The van der Waals surface area contributed by atoms with E-state index in [2.05, 4.69) is 4.90 Å². The average Bonchev–Trinajstić information content (AvgIpc) is 2.69. The van der Waals surface area contributed by atoms with Crippen LogP contribution >= 0.6 is 0 Å². The van der Waals surface area contributed by atoms with Gasteiger partial charge in [0.15, 0.2) is 0 Å². The summed E-state index contributed by atoms with van der Waals surface area (Å²) in [6.07, 6.45) is 1.03. The van der Waals surface area contributed by atoms with E-state index in [0.29, 0.717) is 19.5 Å². The molecule has 0 radical (unpaired) electrons. The lowest BCUT2D eigenvalue weighted by Crippen LogP contribution is -2.49. The zero-order valence-corrected chi connectivity index (χ0v) is 13.4. The number of aliphatic hydroxyl groups excluding tert-OH is 1. The Kier molecular flexibility index (Phi) is 5.60. The molecule has 2 fully saturated rings. The van der Waals surface area contributed by atoms with E-state index in [1.54, 1.807) is 21.0 Å². The van der Waals surface area contributed by atoms with Gasteiger partial charge in [-0.05, 0) is 26.7 Å². The molecule has 0 aromatic rings. The topological polar surface area (TPSA) is 62.2 Å². The molecule has 0 saturated carbocycles. The maximum absolute atomic E-state index is 12.5. The molecule has 0 spiro atoms. The lowest BCUT2D eigenvalue weighted by molar-refractivity contribution is -0.151. The first-order valence-electron chi connectivity index (χ1n) is 7.80. The van der Waals surface area contributed by atoms with Crippen LogP contribution in [0.15, 0.2) is 0 Å². The van der Waals surface area contributed by atoms with Crippen molar-refractivity contribution in [3.63, 3.8) is 0 Å². The van der Waals surface area contributed by atoms with Crippen LogP contribution in [0.2, 0.25) is 0 Å². The van der Waals surface area contributed by atoms with Gasteiger partial charge in [-0.1, -0.05) is 0 Å². The average molecular weight is 300 g/mol. The second-order valence-corrected chi connectivity index (χ2v) is 6.37. The first-order chi connectivity index (χ1) is 9.95. The Labute approximate surface area is 127 Å². The maximum atomic E-state index is 12.5. The van der Waals surface area contributed by atoms with Crippen LogP contribution in [-0.2, 0) is 14.3 Å². The predicted molar refractivity (Wildman–Crippen MR) is 79.1 cm³/mol. The second kappa shape index (κ2) is 7.05. The van der Waals surface area contributed by atoms with Crippen molar-refractivity contribution >= 4 is 5.91 Å². The van der Waals surface area contributed by atoms with Crippen LogP contribution in [-0.4, -0.2) is 85.1 Å². The molecular formula is C15H28N2O4. The molecule has 0 unspecified atom stereocenters. The number of likely N-dealkylation sites (tertiary alicyclic amines) is 1. The molecule has 2 saturated heterocycles. The molecule has 2 rings (SSSR count). The van der Waals surface area contributed by atoms with Gasteiger partial charge in [-0.2, -0.15) is 0 Å². The normalized spacial score (nSPS) is 29.2. The number of hydrogen-bond donors (Lipinski definition) is 1. The highest BCUT2D eigenvalue weighted by molar-refractivity contribution is 5.84. The summed E-state index contributed by atoms with van der Waals surface area (Å²) in [4.78, 5) is 16.6. The minimum atomic E-state index is -0.802. The minimum absolute atomic E-state index is 0.000160. The van der Waals surface area contributed by atoms with Gasteiger partial charge in [0.05, 0.1) is 19.3 Å². The number of nitrogens with zero attached hydrogens (tertiary/aromatic N) is 2. The third-order valence-corrected chi connectivity index (χ3v) is 4.66. The fourth-order valence-corrected chi connectivity index (χ4v) is 3.08. The Morgan fingerprint density at radius 2 is 1.81 bits per heavy atom. The third-order valence-electron chi connectivity index (χ3n) is 4.66. The van der Waals surface area contributed by atoms with Crippen molar-refractivity contribution in [2.75, 3.05) is 46.5 Å². The quantitative estimate of drug-likeness (QED) is 0.801. The molecular weight excluding hydrogens is 272 g/mol. The van der Waals surface area contributed by atoms with Crippen molar-refractivity contribution < 1.29 is 19.4 Å². The van der Waals surface area contributed by atoms with Crippen LogP contribution in [0, 0.1) is 0 Å². The summed E-state index contributed by atoms with van der Waals surface area (Å²) in [5.74, 6) is -0.000160. The van der Waals surface area contributed by atoms with E-state index in [0.717, 1.165) is 32.7 Å². The third kappa shape index (κ3) is 3.94. The molecule has 1 amide bonds. The van der Waals surface area contributed by atoms with Crippen molar-refractivity contribution in [3.8, 4) is 0 Å². The number of carbonyl (C=O) groups is 1. The zero-order valence-electron chi connectivity index (χ0n) is 13.4. The molecule has 2 heterocycles. The van der Waals surface area contributed by atoms with Crippen LogP contribution < -0.4 is 0 Å². The summed E-state index contributed by atoms with van der Waals surface area (Å²) < 4.78 is 10.7. The standard InChI is InChI=1S/C15H28N2O4/c1-15(2,20-3)14(19)17-6-4-12(13(18)5-7-17)16-8-10-21-11-9-16/h12-13,18H,4-11H2,1-3H3/t12-,13-/m0/s1. The molecule has 122 valence electrons. The number of rotatable bonds is 3. The predicted octanol–water partition coefficient (Wildman–Crippen LogP) is 0.0955. The largest absolute Gasteiger partial charge is 0.391 e. The lowest BCUT2D eigenvalue weighted by atomic mass is 10.0. The van der Waals surface area contributed by atoms with Gasteiger partial charge in [-0.25, -0.2) is 0 Å². The van der Waals surface area contributed by atoms with E-state index < -0.39 is 5.60 Å². The molecule has 21 heavy (non-hydrogen) atoms. The summed E-state index contributed by atoms with van der Waals surface area (Å²) in [5.41, 5.74) is -0.802. The van der Waals surface area contributed by atoms with Crippen molar-refractivity contribution in [1.82, 2.24) is 9.80 Å². The van der Waals surface area contributed by atoms with E-state index in [4.69, 9.17) is 9.47 Å². The number of morpholine rings is 1. The molecule has 0 aliphatic carbocycles. The van der Waals surface area contributed by atoms with E-state index >= 15 is 0 Å². The number of carbonyl (C=O) groups excluding carboxylic acids is 1. The van der Waals surface area contributed by atoms with Crippen LogP contribution in [0.4, 0.5) is 0 Å². The monoisotopic (exact) mass is 300 g/mol. The Morgan fingerprint density at radius 3 is 2.43 bits per heavy atom. The molecule has 1 N–H and O–H groups in total. The van der Waals surface area contributed by atoms with E-state index in [9.17, 15) is 9.90 Å². The van der Waals surface area contributed by atoms with Gasteiger partial charge in [-0.15, -0.1) is 0 Å². The van der Waals surface area contributed by atoms with E-state index in [-0.39, 0.29) is 18.1 Å². The van der Waals surface area contributed by atoms with Crippen molar-refractivity contribution in [3.05, 3.63) is 0 Å². The fourth-order valence-electron chi connectivity index (χ4n) is 3.08. The van der Waals surface area contributed by atoms with Gasteiger partial charge >= 0.3 is 0 Å². The summed E-state index contributed by atoms with van der Waals surface area (Å²) in [5, 5.41) is 10.4.